The predicted octanol–water partition coefficient (Wildman–Crippen LogP) is 4.88. The Morgan fingerprint density at radius 1 is 1.16 bits per heavy atom. The molecule has 2 N–H and O–H groups in total. The summed E-state index contributed by atoms with van der Waals surface area (Å²) in [6.45, 7) is 0.464. The van der Waals surface area contributed by atoms with E-state index in [4.69, 9.17) is 16.9 Å². The van der Waals surface area contributed by atoms with Crippen LogP contribution in [0.4, 0.5) is 27.8 Å². The number of nitrogens with one attached hydrogen (secondary N) is 2. The molecule has 0 radical (unpaired) electrons. The van der Waals surface area contributed by atoms with Gasteiger partial charge >= 0.3 is 6.18 Å². The Hall–Kier alpha value is -4.05. The van der Waals surface area contributed by atoms with E-state index < -0.39 is 53.9 Å². The van der Waals surface area contributed by atoms with Crippen LogP contribution in [0.15, 0.2) is 53.6 Å². The van der Waals surface area contributed by atoms with E-state index in [0.717, 1.165) is 12.1 Å². The molecule has 1 aromatic carbocycles. The third kappa shape index (κ3) is 8.73. The summed E-state index contributed by atoms with van der Waals surface area (Å²) >= 11 is 5.96. The molecule has 14 heteroatoms. The zero-order valence-electron chi connectivity index (χ0n) is 22.8. The molecule has 4 rings (SSSR count). The number of alkyl halides is 3. The van der Waals surface area contributed by atoms with Crippen molar-refractivity contribution >= 4 is 29.2 Å². The molecular formula is C29H28ClF5N6O2. The Kier molecular flexibility index (Phi) is 10.3. The predicted molar refractivity (Wildman–Crippen MR) is 148 cm³/mol. The lowest BCUT2D eigenvalue weighted by molar-refractivity contribution is -0.154. The van der Waals surface area contributed by atoms with Gasteiger partial charge in [0.1, 0.15) is 24.1 Å². The van der Waals surface area contributed by atoms with Crippen LogP contribution in [0.25, 0.3) is 0 Å². The van der Waals surface area contributed by atoms with E-state index in [0.29, 0.717) is 23.7 Å². The van der Waals surface area contributed by atoms with Crippen LogP contribution in [0.2, 0.25) is 0 Å². The van der Waals surface area contributed by atoms with Gasteiger partial charge < -0.3 is 15.5 Å². The molecule has 1 aromatic heterocycles. The lowest BCUT2D eigenvalue weighted by Gasteiger charge is -2.27. The van der Waals surface area contributed by atoms with E-state index in [-0.39, 0.29) is 43.2 Å². The van der Waals surface area contributed by atoms with Crippen molar-refractivity contribution in [2.75, 3.05) is 24.5 Å². The number of benzene rings is 1. The molecule has 2 heterocycles. The minimum absolute atomic E-state index is 0.106. The summed E-state index contributed by atoms with van der Waals surface area (Å²) in [4.78, 5) is 27.1. The van der Waals surface area contributed by atoms with Gasteiger partial charge in [0.2, 0.25) is 11.8 Å². The van der Waals surface area contributed by atoms with E-state index in [1.807, 2.05) is 6.07 Å². The van der Waals surface area contributed by atoms with Crippen LogP contribution in [0.5, 0.6) is 0 Å². The molecule has 0 spiro atoms. The molecule has 1 saturated heterocycles. The van der Waals surface area contributed by atoms with Crippen LogP contribution >= 0.6 is 11.6 Å². The first-order valence-electron chi connectivity index (χ1n) is 13.5. The number of halogens is 6. The number of nitriles is 1. The first-order valence-corrected chi connectivity index (χ1v) is 13.9. The third-order valence-electron chi connectivity index (χ3n) is 7.41. The minimum Gasteiger partial charge on any atom is -0.356 e. The summed E-state index contributed by atoms with van der Waals surface area (Å²) in [5, 5.41) is 22.6. The monoisotopic (exact) mass is 622 g/mol. The summed E-state index contributed by atoms with van der Waals surface area (Å²) in [5.41, 5.74) is 0.267. The van der Waals surface area contributed by atoms with Crippen LogP contribution in [-0.4, -0.2) is 53.9 Å². The van der Waals surface area contributed by atoms with Gasteiger partial charge in [-0.3, -0.25) is 9.59 Å². The largest absolute Gasteiger partial charge is 0.397 e. The number of anilines is 1. The van der Waals surface area contributed by atoms with E-state index in [1.54, 1.807) is 29.2 Å². The van der Waals surface area contributed by atoms with Gasteiger partial charge in [0, 0.05) is 48.6 Å². The molecule has 1 fully saturated rings. The molecule has 1 aliphatic heterocycles. The average molecular weight is 623 g/mol. The minimum atomic E-state index is -4.65. The fraction of sp³-hybridized carbons (Fsp3) is 0.414. The maximum atomic E-state index is 14.8. The molecule has 1 aliphatic carbocycles. The number of aromatic nitrogens is 2. The van der Waals surface area contributed by atoms with Gasteiger partial charge in [-0.05, 0) is 49.1 Å². The van der Waals surface area contributed by atoms with Gasteiger partial charge in [-0.2, -0.15) is 18.4 Å². The van der Waals surface area contributed by atoms with Crippen molar-refractivity contribution in [1.82, 2.24) is 20.8 Å². The van der Waals surface area contributed by atoms with Crippen molar-refractivity contribution < 1.29 is 31.5 Å². The smallest absolute Gasteiger partial charge is 0.356 e. The molecule has 4 atom stereocenters. The molecule has 8 nitrogen and oxygen atoms in total. The highest BCUT2D eigenvalue weighted by molar-refractivity contribution is 6.31. The third-order valence-corrected chi connectivity index (χ3v) is 7.69. The van der Waals surface area contributed by atoms with Crippen molar-refractivity contribution in [3.63, 3.8) is 0 Å². The number of amides is 2. The zero-order valence-corrected chi connectivity index (χ0v) is 23.5. The lowest BCUT2D eigenvalue weighted by Crippen LogP contribution is -2.42. The molecular weight excluding hydrogens is 595 g/mol. The van der Waals surface area contributed by atoms with Gasteiger partial charge in [0.25, 0.3) is 0 Å². The van der Waals surface area contributed by atoms with Gasteiger partial charge in [0.15, 0.2) is 11.5 Å². The Bertz CT molecular complexity index is 1430. The van der Waals surface area contributed by atoms with E-state index in [1.165, 1.54) is 12.1 Å². The normalized spacial score (nSPS) is 20.7. The van der Waals surface area contributed by atoms with Crippen molar-refractivity contribution in [1.29, 1.82) is 5.26 Å². The van der Waals surface area contributed by atoms with Crippen LogP contribution in [0.1, 0.15) is 42.9 Å². The topological polar surface area (TPSA) is 111 Å². The van der Waals surface area contributed by atoms with Gasteiger partial charge in [-0.1, -0.05) is 29.8 Å². The van der Waals surface area contributed by atoms with Crippen LogP contribution < -0.4 is 15.5 Å². The highest BCUT2D eigenvalue weighted by Gasteiger charge is 2.40. The first-order chi connectivity index (χ1) is 20.4. The molecule has 0 bridgehead atoms. The maximum Gasteiger partial charge on any atom is 0.397 e. The molecule has 43 heavy (non-hydrogen) atoms. The summed E-state index contributed by atoms with van der Waals surface area (Å²) < 4.78 is 66.7. The second-order valence-corrected chi connectivity index (χ2v) is 10.9. The Balaban J connectivity index is 1.42. The van der Waals surface area contributed by atoms with Gasteiger partial charge in [-0.25, -0.2) is 8.78 Å². The number of allylic oxidation sites excluding steroid dienone is 3. The zero-order chi connectivity index (χ0) is 31.1. The molecule has 1 unspecified atom stereocenters. The number of nitrogens with zero attached hydrogens (tertiary/aromatic N) is 4. The molecule has 228 valence electrons. The number of rotatable bonds is 10. The number of hydrogen-bond acceptors (Lipinski definition) is 6. The Morgan fingerprint density at radius 2 is 1.95 bits per heavy atom. The summed E-state index contributed by atoms with van der Waals surface area (Å²) in [5.74, 6) is -4.39. The van der Waals surface area contributed by atoms with Gasteiger partial charge in [0.05, 0.1) is 5.92 Å². The first kappa shape index (κ1) is 31.9. The van der Waals surface area contributed by atoms with Crippen molar-refractivity contribution in [3.8, 4) is 6.07 Å². The second-order valence-electron chi connectivity index (χ2n) is 10.4. The van der Waals surface area contributed by atoms with Crippen LogP contribution in [0, 0.1) is 34.8 Å². The van der Waals surface area contributed by atoms with Gasteiger partial charge in [-0.15, -0.1) is 10.2 Å². The fourth-order valence-corrected chi connectivity index (χ4v) is 5.50. The maximum absolute atomic E-state index is 14.8. The summed E-state index contributed by atoms with van der Waals surface area (Å²) in [7, 11) is 0. The molecule has 2 aromatic rings. The Morgan fingerprint density at radius 3 is 2.58 bits per heavy atom. The van der Waals surface area contributed by atoms with Crippen molar-refractivity contribution in [2.45, 2.75) is 43.8 Å². The van der Waals surface area contributed by atoms with Crippen molar-refractivity contribution in [2.24, 2.45) is 11.8 Å². The SMILES string of the molecule is N#Cc1ccc(N2C[C@@H](C(=O)NCCC[C@H](NC(=O)CC(F)(F)F)C3C=CC(Cl)=CC3)[C@H](c3ccc(F)cc3F)C2)nn1. The standard InChI is InChI=1S/C29H28ClF5N6O2/c30-18-5-3-17(4-6-18)25(38-27(42)13-29(33,34)35)2-1-11-37-28(43)23-16-41(26-10-8-20(14-36)39-40-26)15-22(23)21-9-7-19(31)12-24(21)32/h3,5-10,12,17,22-23,25H,1-2,4,11,13,15-16H2,(H,37,43)(H,38,42)/t17?,22-,23+,25-/m0/s1. The average Bonchev–Trinajstić information content (AvgIpc) is 3.39. The van der Waals surface area contributed by atoms with Crippen LogP contribution in [0.3, 0.4) is 0 Å². The molecule has 2 aliphatic rings. The van der Waals surface area contributed by atoms with E-state index in [9.17, 15) is 31.5 Å². The highest BCUT2D eigenvalue weighted by atomic mass is 35.5. The molecule has 0 saturated carbocycles. The second kappa shape index (κ2) is 13.9. The number of carbonyl (C=O) groups is 2. The van der Waals surface area contributed by atoms with E-state index in [2.05, 4.69) is 20.8 Å². The summed E-state index contributed by atoms with van der Waals surface area (Å²) in [6, 6.07) is 7.46. The Labute approximate surface area is 249 Å². The summed E-state index contributed by atoms with van der Waals surface area (Å²) in [6.07, 6.45) is -0.131. The number of carbonyl (C=O) groups excluding carboxylic acids is 2. The quantitative estimate of drug-likeness (QED) is 0.289. The van der Waals surface area contributed by atoms with E-state index >= 15 is 0 Å². The van der Waals surface area contributed by atoms with Crippen LogP contribution in [-0.2, 0) is 9.59 Å². The molecule has 2 amide bonds. The fourth-order valence-electron chi connectivity index (χ4n) is 5.33. The highest BCUT2D eigenvalue weighted by Crippen LogP contribution is 2.36. The van der Waals surface area contributed by atoms with Crippen molar-refractivity contribution in [3.05, 3.63) is 76.5 Å². The number of hydrogen-bond donors (Lipinski definition) is 2. The lowest BCUT2D eigenvalue weighted by atomic mass is 9.87.